The standard InChI is InChI=1S/C11H20N2O2/c1-8-3-4-10(12-2)11(14)13(5-8)6-9-7-15-9/h8-10,12H,3-7H2,1-2H3. The van der Waals surface area contributed by atoms with Crippen molar-refractivity contribution in [1.82, 2.24) is 10.2 Å². The van der Waals surface area contributed by atoms with Gasteiger partial charge >= 0.3 is 0 Å². The summed E-state index contributed by atoms with van der Waals surface area (Å²) in [6, 6.07) is 0.00806. The van der Waals surface area contributed by atoms with Crippen LogP contribution in [0.1, 0.15) is 19.8 Å². The lowest BCUT2D eigenvalue weighted by Crippen LogP contribution is -2.45. The van der Waals surface area contributed by atoms with E-state index in [2.05, 4.69) is 12.2 Å². The molecule has 0 aromatic rings. The summed E-state index contributed by atoms with van der Waals surface area (Å²) in [6.45, 7) is 4.70. The van der Waals surface area contributed by atoms with Gasteiger partial charge in [-0.05, 0) is 25.8 Å². The maximum Gasteiger partial charge on any atom is 0.239 e. The first-order chi connectivity index (χ1) is 7.20. The Morgan fingerprint density at radius 1 is 1.53 bits per heavy atom. The van der Waals surface area contributed by atoms with E-state index in [0.29, 0.717) is 12.0 Å². The number of epoxide rings is 1. The second-order valence-electron chi connectivity index (χ2n) is 4.72. The summed E-state index contributed by atoms with van der Waals surface area (Å²) < 4.78 is 5.19. The first-order valence-corrected chi connectivity index (χ1v) is 5.78. The van der Waals surface area contributed by atoms with Crippen LogP contribution in [-0.2, 0) is 9.53 Å². The molecule has 3 unspecified atom stereocenters. The minimum Gasteiger partial charge on any atom is -0.371 e. The molecule has 1 N–H and O–H groups in total. The summed E-state index contributed by atoms with van der Waals surface area (Å²) in [4.78, 5) is 14.1. The second-order valence-corrected chi connectivity index (χ2v) is 4.72. The van der Waals surface area contributed by atoms with Gasteiger partial charge < -0.3 is 15.0 Å². The molecular weight excluding hydrogens is 192 g/mol. The van der Waals surface area contributed by atoms with Crippen molar-refractivity contribution >= 4 is 5.91 Å². The van der Waals surface area contributed by atoms with E-state index in [1.807, 2.05) is 11.9 Å². The Kier molecular flexibility index (Phi) is 3.26. The van der Waals surface area contributed by atoms with E-state index >= 15 is 0 Å². The number of carbonyl (C=O) groups excluding carboxylic acids is 1. The van der Waals surface area contributed by atoms with Crippen LogP contribution in [0.25, 0.3) is 0 Å². The summed E-state index contributed by atoms with van der Waals surface area (Å²) in [5.74, 6) is 0.850. The molecule has 1 amide bonds. The number of carbonyl (C=O) groups is 1. The van der Waals surface area contributed by atoms with Crippen LogP contribution in [0.15, 0.2) is 0 Å². The summed E-state index contributed by atoms with van der Waals surface area (Å²) >= 11 is 0. The van der Waals surface area contributed by atoms with Crippen molar-refractivity contribution in [3.8, 4) is 0 Å². The average Bonchev–Trinajstić information content (AvgIpc) is 3.01. The van der Waals surface area contributed by atoms with Gasteiger partial charge in [0.15, 0.2) is 0 Å². The molecule has 0 radical (unpaired) electrons. The number of likely N-dealkylation sites (N-methyl/N-ethyl adjacent to an activating group) is 1. The minimum atomic E-state index is 0.00806. The zero-order chi connectivity index (χ0) is 10.8. The SMILES string of the molecule is CNC1CCC(C)CN(CC2CO2)C1=O. The van der Waals surface area contributed by atoms with Crippen molar-refractivity contribution in [1.29, 1.82) is 0 Å². The van der Waals surface area contributed by atoms with E-state index in [-0.39, 0.29) is 11.9 Å². The molecule has 0 aromatic heterocycles. The van der Waals surface area contributed by atoms with Crippen LogP contribution in [0.3, 0.4) is 0 Å². The van der Waals surface area contributed by atoms with Gasteiger partial charge in [-0.2, -0.15) is 0 Å². The number of likely N-dealkylation sites (tertiary alicyclic amines) is 1. The largest absolute Gasteiger partial charge is 0.371 e. The number of hydrogen-bond donors (Lipinski definition) is 1. The number of nitrogens with zero attached hydrogens (tertiary/aromatic N) is 1. The van der Waals surface area contributed by atoms with Crippen LogP contribution in [0.2, 0.25) is 0 Å². The van der Waals surface area contributed by atoms with Gasteiger partial charge in [0.25, 0.3) is 0 Å². The smallest absolute Gasteiger partial charge is 0.239 e. The fraction of sp³-hybridized carbons (Fsp3) is 0.909. The first kappa shape index (κ1) is 10.9. The van der Waals surface area contributed by atoms with E-state index < -0.39 is 0 Å². The van der Waals surface area contributed by atoms with Crippen LogP contribution in [0.5, 0.6) is 0 Å². The van der Waals surface area contributed by atoms with Gasteiger partial charge in [-0.1, -0.05) is 6.92 Å². The fourth-order valence-corrected chi connectivity index (χ4v) is 2.20. The van der Waals surface area contributed by atoms with Crippen LogP contribution in [0.4, 0.5) is 0 Å². The molecule has 2 heterocycles. The topological polar surface area (TPSA) is 44.9 Å². The Morgan fingerprint density at radius 3 is 2.87 bits per heavy atom. The van der Waals surface area contributed by atoms with Crippen molar-refractivity contribution in [2.75, 3.05) is 26.7 Å². The Bertz CT molecular complexity index is 241. The zero-order valence-corrected chi connectivity index (χ0v) is 9.53. The van der Waals surface area contributed by atoms with Gasteiger partial charge in [-0.25, -0.2) is 0 Å². The Balaban J connectivity index is 1.99. The minimum absolute atomic E-state index is 0.00806. The number of amides is 1. The van der Waals surface area contributed by atoms with Gasteiger partial charge in [0.05, 0.1) is 18.8 Å². The Hall–Kier alpha value is -0.610. The first-order valence-electron chi connectivity index (χ1n) is 5.78. The van der Waals surface area contributed by atoms with E-state index in [0.717, 1.165) is 32.5 Å². The van der Waals surface area contributed by atoms with Crippen molar-refractivity contribution in [3.63, 3.8) is 0 Å². The van der Waals surface area contributed by atoms with Crippen molar-refractivity contribution in [3.05, 3.63) is 0 Å². The molecule has 15 heavy (non-hydrogen) atoms. The monoisotopic (exact) mass is 212 g/mol. The van der Waals surface area contributed by atoms with Gasteiger partial charge in [0.1, 0.15) is 0 Å². The highest BCUT2D eigenvalue weighted by atomic mass is 16.6. The molecule has 2 aliphatic rings. The van der Waals surface area contributed by atoms with E-state index in [4.69, 9.17) is 4.74 Å². The van der Waals surface area contributed by atoms with Crippen molar-refractivity contribution in [2.45, 2.75) is 31.9 Å². The summed E-state index contributed by atoms with van der Waals surface area (Å²) in [6.07, 6.45) is 2.38. The molecular formula is C11H20N2O2. The Morgan fingerprint density at radius 2 is 2.27 bits per heavy atom. The Labute approximate surface area is 91.0 Å². The molecule has 2 aliphatic heterocycles. The van der Waals surface area contributed by atoms with Crippen LogP contribution < -0.4 is 5.32 Å². The van der Waals surface area contributed by atoms with Crippen LogP contribution in [0, 0.1) is 5.92 Å². The summed E-state index contributed by atoms with van der Waals surface area (Å²) in [7, 11) is 1.87. The van der Waals surface area contributed by atoms with Gasteiger partial charge in [-0.15, -0.1) is 0 Å². The second kappa shape index (κ2) is 4.49. The molecule has 3 atom stereocenters. The number of hydrogen-bond acceptors (Lipinski definition) is 3. The number of nitrogens with one attached hydrogen (secondary N) is 1. The van der Waals surface area contributed by atoms with Gasteiger partial charge in [0.2, 0.25) is 5.91 Å². The van der Waals surface area contributed by atoms with Gasteiger partial charge in [0, 0.05) is 13.1 Å². The van der Waals surface area contributed by atoms with E-state index in [1.54, 1.807) is 0 Å². The van der Waals surface area contributed by atoms with E-state index in [1.165, 1.54) is 0 Å². The predicted octanol–water partition coefficient (Wildman–Crippen LogP) is 0.232. The molecule has 86 valence electrons. The molecule has 0 spiro atoms. The molecule has 2 saturated heterocycles. The lowest BCUT2D eigenvalue weighted by molar-refractivity contribution is -0.133. The highest BCUT2D eigenvalue weighted by Crippen LogP contribution is 2.20. The third-order valence-corrected chi connectivity index (χ3v) is 3.26. The average molecular weight is 212 g/mol. The quantitative estimate of drug-likeness (QED) is 0.681. The van der Waals surface area contributed by atoms with Crippen LogP contribution in [-0.4, -0.2) is 49.7 Å². The highest BCUT2D eigenvalue weighted by molar-refractivity contribution is 5.82. The molecule has 0 aliphatic carbocycles. The lowest BCUT2D eigenvalue weighted by Gasteiger charge is -2.24. The number of ether oxygens (including phenoxy) is 1. The molecule has 0 bridgehead atoms. The van der Waals surface area contributed by atoms with Crippen LogP contribution >= 0.6 is 0 Å². The molecule has 2 fully saturated rings. The lowest BCUT2D eigenvalue weighted by atomic mass is 10.0. The normalized spacial score (nSPS) is 36.5. The molecule has 2 rings (SSSR count). The summed E-state index contributed by atoms with van der Waals surface area (Å²) in [5.41, 5.74) is 0. The third-order valence-electron chi connectivity index (χ3n) is 3.26. The molecule has 4 heteroatoms. The van der Waals surface area contributed by atoms with Gasteiger partial charge in [-0.3, -0.25) is 4.79 Å². The van der Waals surface area contributed by atoms with Crippen molar-refractivity contribution < 1.29 is 9.53 Å². The maximum absolute atomic E-state index is 12.1. The summed E-state index contributed by atoms with van der Waals surface area (Å²) in [5, 5.41) is 3.11. The predicted molar refractivity (Wildman–Crippen MR) is 57.6 cm³/mol. The zero-order valence-electron chi connectivity index (χ0n) is 9.53. The number of rotatable bonds is 3. The van der Waals surface area contributed by atoms with E-state index in [9.17, 15) is 4.79 Å². The maximum atomic E-state index is 12.1. The molecule has 0 saturated carbocycles. The highest BCUT2D eigenvalue weighted by Gasteiger charge is 2.33. The third kappa shape index (κ3) is 2.69. The molecule has 4 nitrogen and oxygen atoms in total. The van der Waals surface area contributed by atoms with Crippen molar-refractivity contribution in [2.24, 2.45) is 5.92 Å². The fourth-order valence-electron chi connectivity index (χ4n) is 2.20. The molecule has 0 aromatic carbocycles.